The van der Waals surface area contributed by atoms with Gasteiger partial charge in [-0.3, -0.25) is 4.68 Å². The normalized spacial score (nSPS) is 30.9. The van der Waals surface area contributed by atoms with Crippen LogP contribution < -0.4 is 5.32 Å². The molecule has 3 saturated heterocycles. The van der Waals surface area contributed by atoms with Crippen molar-refractivity contribution < 1.29 is 0 Å². The van der Waals surface area contributed by atoms with Gasteiger partial charge in [0, 0.05) is 26.2 Å². The number of piperidine rings is 3. The minimum atomic E-state index is 0.687. The predicted molar refractivity (Wildman–Crippen MR) is 72.4 cm³/mol. The molecule has 4 rings (SSSR count). The van der Waals surface area contributed by atoms with Crippen LogP contribution in [0.1, 0.15) is 31.2 Å². The van der Waals surface area contributed by atoms with Gasteiger partial charge in [-0.1, -0.05) is 6.92 Å². The van der Waals surface area contributed by atoms with Crippen LogP contribution in [0.5, 0.6) is 0 Å². The van der Waals surface area contributed by atoms with Gasteiger partial charge in [0.2, 0.25) is 0 Å². The van der Waals surface area contributed by atoms with Crippen molar-refractivity contribution in [2.24, 2.45) is 13.0 Å². The number of fused-ring (bicyclic) bond motifs is 3. The van der Waals surface area contributed by atoms with E-state index >= 15 is 0 Å². The SMILES string of the molecule is CCc1cc(CNC2CN3CCC2CC3)n(C)n1. The van der Waals surface area contributed by atoms with Gasteiger partial charge in [0.25, 0.3) is 0 Å². The maximum Gasteiger partial charge on any atom is 0.0625 e. The number of hydrogen-bond donors (Lipinski definition) is 1. The zero-order valence-corrected chi connectivity index (χ0v) is 11.5. The average Bonchev–Trinajstić information content (AvgIpc) is 2.78. The smallest absolute Gasteiger partial charge is 0.0625 e. The Kier molecular flexibility index (Phi) is 3.39. The molecule has 0 radical (unpaired) electrons. The zero-order valence-electron chi connectivity index (χ0n) is 11.5. The van der Waals surface area contributed by atoms with Gasteiger partial charge in [-0.15, -0.1) is 0 Å². The molecule has 4 heteroatoms. The summed E-state index contributed by atoms with van der Waals surface area (Å²) in [5.41, 5.74) is 2.51. The third-order valence-corrected chi connectivity index (χ3v) is 4.59. The molecule has 4 heterocycles. The third-order valence-electron chi connectivity index (χ3n) is 4.59. The fourth-order valence-corrected chi connectivity index (χ4v) is 3.34. The molecule has 3 aliphatic heterocycles. The topological polar surface area (TPSA) is 33.1 Å². The average molecular weight is 248 g/mol. The van der Waals surface area contributed by atoms with Crippen LogP contribution >= 0.6 is 0 Å². The van der Waals surface area contributed by atoms with Crippen molar-refractivity contribution in [1.82, 2.24) is 20.0 Å². The standard InChI is InChI=1S/C14H24N4/c1-3-12-8-13(17(2)16-12)9-15-14-10-18-6-4-11(14)5-7-18/h8,11,14-15H,3-7,9-10H2,1-2H3. The van der Waals surface area contributed by atoms with E-state index in [-0.39, 0.29) is 0 Å². The summed E-state index contributed by atoms with van der Waals surface area (Å²) in [6.45, 7) is 6.98. The number of nitrogens with one attached hydrogen (secondary N) is 1. The fraction of sp³-hybridized carbons (Fsp3) is 0.786. The molecule has 1 unspecified atom stereocenters. The van der Waals surface area contributed by atoms with E-state index in [1.807, 2.05) is 11.7 Å². The molecule has 1 aromatic heterocycles. The Morgan fingerprint density at radius 2 is 2.17 bits per heavy atom. The van der Waals surface area contributed by atoms with Gasteiger partial charge in [0.05, 0.1) is 11.4 Å². The molecular formula is C14H24N4. The van der Waals surface area contributed by atoms with E-state index in [4.69, 9.17) is 0 Å². The molecule has 0 amide bonds. The number of nitrogens with zero attached hydrogens (tertiary/aromatic N) is 3. The van der Waals surface area contributed by atoms with Crippen LogP contribution in [0, 0.1) is 5.92 Å². The summed E-state index contributed by atoms with van der Waals surface area (Å²) in [4.78, 5) is 2.60. The molecule has 0 spiro atoms. The molecule has 2 bridgehead atoms. The zero-order chi connectivity index (χ0) is 12.5. The lowest BCUT2D eigenvalue weighted by molar-refractivity contribution is 0.0717. The van der Waals surface area contributed by atoms with Crippen LogP contribution in [0.25, 0.3) is 0 Å². The highest BCUT2D eigenvalue weighted by Gasteiger charge is 2.33. The highest BCUT2D eigenvalue weighted by Crippen LogP contribution is 2.27. The highest BCUT2D eigenvalue weighted by atomic mass is 15.3. The maximum absolute atomic E-state index is 4.51. The van der Waals surface area contributed by atoms with Crippen molar-refractivity contribution >= 4 is 0 Å². The predicted octanol–water partition coefficient (Wildman–Crippen LogP) is 1.17. The van der Waals surface area contributed by atoms with Gasteiger partial charge in [-0.25, -0.2) is 0 Å². The van der Waals surface area contributed by atoms with E-state index < -0.39 is 0 Å². The second kappa shape index (κ2) is 5.02. The minimum absolute atomic E-state index is 0.687. The fourth-order valence-electron chi connectivity index (χ4n) is 3.34. The van der Waals surface area contributed by atoms with Gasteiger partial charge in [-0.2, -0.15) is 5.10 Å². The monoisotopic (exact) mass is 248 g/mol. The van der Waals surface area contributed by atoms with E-state index in [0.29, 0.717) is 6.04 Å². The number of aryl methyl sites for hydroxylation is 2. The van der Waals surface area contributed by atoms with Crippen molar-refractivity contribution in [2.45, 2.75) is 38.8 Å². The molecular weight excluding hydrogens is 224 g/mol. The Morgan fingerprint density at radius 1 is 1.39 bits per heavy atom. The number of hydrogen-bond acceptors (Lipinski definition) is 3. The van der Waals surface area contributed by atoms with E-state index in [1.165, 1.54) is 43.9 Å². The molecule has 0 aromatic carbocycles. The van der Waals surface area contributed by atoms with Crippen LogP contribution in [0.15, 0.2) is 6.07 Å². The summed E-state index contributed by atoms with van der Waals surface area (Å²) in [7, 11) is 2.05. The minimum Gasteiger partial charge on any atom is -0.307 e. The summed E-state index contributed by atoms with van der Waals surface area (Å²) < 4.78 is 2.02. The lowest BCUT2D eigenvalue weighted by atomic mass is 9.84. The first kappa shape index (κ1) is 12.2. The second-order valence-electron chi connectivity index (χ2n) is 5.73. The van der Waals surface area contributed by atoms with Crippen molar-refractivity contribution in [3.63, 3.8) is 0 Å². The Hall–Kier alpha value is -0.870. The quantitative estimate of drug-likeness (QED) is 0.868. The maximum atomic E-state index is 4.51. The summed E-state index contributed by atoms with van der Waals surface area (Å²) in [6, 6.07) is 2.92. The third kappa shape index (κ3) is 2.31. The van der Waals surface area contributed by atoms with E-state index in [9.17, 15) is 0 Å². The first-order valence-electron chi connectivity index (χ1n) is 7.23. The molecule has 0 aliphatic carbocycles. The van der Waals surface area contributed by atoms with Crippen LogP contribution in [-0.2, 0) is 20.0 Å². The number of rotatable bonds is 4. The van der Waals surface area contributed by atoms with Crippen molar-refractivity contribution in [3.05, 3.63) is 17.5 Å². The van der Waals surface area contributed by atoms with E-state index in [2.05, 4.69) is 28.3 Å². The molecule has 100 valence electrons. The van der Waals surface area contributed by atoms with Crippen molar-refractivity contribution in [1.29, 1.82) is 0 Å². The van der Waals surface area contributed by atoms with Gasteiger partial charge < -0.3 is 10.2 Å². The first-order chi connectivity index (χ1) is 8.76. The molecule has 0 saturated carbocycles. The molecule has 1 aromatic rings. The van der Waals surface area contributed by atoms with Crippen molar-refractivity contribution in [2.75, 3.05) is 19.6 Å². The van der Waals surface area contributed by atoms with Crippen LogP contribution in [0.2, 0.25) is 0 Å². The van der Waals surface area contributed by atoms with Crippen LogP contribution in [0.3, 0.4) is 0 Å². The van der Waals surface area contributed by atoms with Gasteiger partial charge in [-0.05, 0) is 44.3 Å². The highest BCUT2D eigenvalue weighted by molar-refractivity contribution is 5.10. The van der Waals surface area contributed by atoms with Gasteiger partial charge in [0.15, 0.2) is 0 Å². The van der Waals surface area contributed by atoms with E-state index in [0.717, 1.165) is 18.9 Å². The molecule has 4 nitrogen and oxygen atoms in total. The first-order valence-corrected chi connectivity index (χ1v) is 7.23. The summed E-state index contributed by atoms with van der Waals surface area (Å²) >= 11 is 0. The van der Waals surface area contributed by atoms with Crippen molar-refractivity contribution in [3.8, 4) is 0 Å². The van der Waals surface area contributed by atoms with E-state index in [1.54, 1.807) is 0 Å². The molecule has 18 heavy (non-hydrogen) atoms. The molecule has 3 fully saturated rings. The molecule has 1 N–H and O–H groups in total. The van der Waals surface area contributed by atoms with Gasteiger partial charge in [0.1, 0.15) is 0 Å². The van der Waals surface area contributed by atoms with Crippen LogP contribution in [-0.4, -0.2) is 40.4 Å². The molecule has 3 aliphatic rings. The lowest BCUT2D eigenvalue weighted by Crippen LogP contribution is -2.55. The Bertz CT molecular complexity index is 404. The summed E-state index contributed by atoms with van der Waals surface area (Å²) in [5.74, 6) is 0.897. The Morgan fingerprint density at radius 3 is 2.72 bits per heavy atom. The van der Waals surface area contributed by atoms with Gasteiger partial charge >= 0.3 is 0 Å². The lowest BCUT2D eigenvalue weighted by Gasteiger charge is -2.45. The largest absolute Gasteiger partial charge is 0.307 e. The van der Waals surface area contributed by atoms with Crippen LogP contribution in [0.4, 0.5) is 0 Å². The second-order valence-corrected chi connectivity index (χ2v) is 5.73. The summed E-state index contributed by atoms with van der Waals surface area (Å²) in [5, 5.41) is 8.25. The summed E-state index contributed by atoms with van der Waals surface area (Å²) in [6.07, 6.45) is 3.78. The molecule has 1 atom stereocenters. The Labute approximate surface area is 109 Å². The number of aromatic nitrogens is 2. The Balaban J connectivity index is 1.59.